The Morgan fingerprint density at radius 2 is 1.89 bits per heavy atom. The number of benzene rings is 1. The van der Waals surface area contributed by atoms with Crippen molar-refractivity contribution in [2.45, 2.75) is 44.4 Å². The lowest BCUT2D eigenvalue weighted by Gasteiger charge is -2.10. The summed E-state index contributed by atoms with van der Waals surface area (Å²) in [4.78, 5) is 21.3. The number of rotatable bonds is 8. The van der Waals surface area contributed by atoms with E-state index in [9.17, 15) is 13.2 Å². The number of anilines is 1. The van der Waals surface area contributed by atoms with E-state index in [4.69, 9.17) is 4.52 Å². The van der Waals surface area contributed by atoms with Gasteiger partial charge in [-0.25, -0.2) is 22.9 Å². The molecule has 0 saturated carbocycles. The van der Waals surface area contributed by atoms with Crippen molar-refractivity contribution in [3.8, 4) is 11.1 Å². The van der Waals surface area contributed by atoms with E-state index >= 15 is 0 Å². The summed E-state index contributed by atoms with van der Waals surface area (Å²) in [6.07, 6.45) is 3.92. The second-order valence-corrected chi connectivity index (χ2v) is 11.0. The summed E-state index contributed by atoms with van der Waals surface area (Å²) >= 11 is 0. The van der Waals surface area contributed by atoms with E-state index in [0.29, 0.717) is 42.7 Å². The fourth-order valence-corrected chi connectivity index (χ4v) is 4.53. The first-order valence-corrected chi connectivity index (χ1v) is 13.0. The van der Waals surface area contributed by atoms with E-state index in [2.05, 4.69) is 30.5 Å². The van der Waals surface area contributed by atoms with Crippen LogP contribution in [0.25, 0.3) is 16.8 Å². The summed E-state index contributed by atoms with van der Waals surface area (Å²) in [6.45, 7) is 8.36. The third-order valence-corrected chi connectivity index (χ3v) is 6.81. The zero-order chi connectivity index (χ0) is 25.9. The molecule has 3 heterocycles. The molecule has 1 aromatic carbocycles. The summed E-state index contributed by atoms with van der Waals surface area (Å²) in [5.41, 5.74) is 1.97. The minimum absolute atomic E-state index is 0.196. The van der Waals surface area contributed by atoms with Crippen LogP contribution in [0.5, 0.6) is 0 Å². The third-order valence-electron chi connectivity index (χ3n) is 5.27. The maximum Gasteiger partial charge on any atom is 0.320 e. The maximum absolute atomic E-state index is 12.3. The van der Waals surface area contributed by atoms with Gasteiger partial charge in [-0.3, -0.25) is 5.32 Å². The molecule has 4 aromatic rings. The summed E-state index contributed by atoms with van der Waals surface area (Å²) in [6, 6.07) is 9.95. The van der Waals surface area contributed by atoms with Gasteiger partial charge in [0.05, 0.1) is 11.1 Å². The monoisotopic (exact) mass is 511 g/mol. The van der Waals surface area contributed by atoms with E-state index in [1.165, 1.54) is 0 Å². The first-order valence-electron chi connectivity index (χ1n) is 11.5. The maximum atomic E-state index is 12.3. The lowest BCUT2D eigenvalue weighted by atomic mass is 9.96. The van der Waals surface area contributed by atoms with Crippen LogP contribution in [0.15, 0.2) is 58.2 Å². The molecule has 3 aromatic heterocycles. The molecule has 11 nitrogen and oxygen atoms in total. The Morgan fingerprint density at radius 3 is 2.61 bits per heavy atom. The molecule has 0 aliphatic carbocycles. The van der Waals surface area contributed by atoms with Crippen LogP contribution in [0.1, 0.15) is 39.4 Å². The second-order valence-electron chi connectivity index (χ2n) is 9.23. The first-order chi connectivity index (χ1) is 17.0. The SMILES string of the molecule is CCNS(=O)(=O)c1cccc(-c2ccc3nc(NC(=O)NCCc4nc(C(C)(C)C)no4)cn3c2)c1. The second kappa shape index (κ2) is 10.1. The molecule has 4 rings (SSSR count). The number of carbonyl (C=O) groups excluding carboxylic acids is 1. The summed E-state index contributed by atoms with van der Waals surface area (Å²) in [7, 11) is -3.56. The van der Waals surface area contributed by atoms with Crippen LogP contribution < -0.4 is 15.4 Å². The van der Waals surface area contributed by atoms with E-state index in [0.717, 1.165) is 11.1 Å². The normalized spacial score (nSPS) is 12.1. The van der Waals surface area contributed by atoms with Crippen molar-refractivity contribution in [2.75, 3.05) is 18.4 Å². The first kappa shape index (κ1) is 25.3. The number of pyridine rings is 1. The summed E-state index contributed by atoms with van der Waals surface area (Å²) in [5.74, 6) is 1.46. The van der Waals surface area contributed by atoms with Gasteiger partial charge in [-0.2, -0.15) is 4.98 Å². The van der Waals surface area contributed by atoms with Gasteiger partial charge in [0.2, 0.25) is 15.9 Å². The molecule has 0 saturated heterocycles. The fourth-order valence-electron chi connectivity index (χ4n) is 3.44. The lowest BCUT2D eigenvalue weighted by molar-refractivity contribution is 0.251. The van der Waals surface area contributed by atoms with Gasteiger partial charge in [0.25, 0.3) is 0 Å². The molecule has 0 radical (unpaired) electrons. The highest BCUT2D eigenvalue weighted by atomic mass is 32.2. The molecule has 0 spiro atoms. The highest BCUT2D eigenvalue weighted by Gasteiger charge is 2.21. The molecule has 0 aliphatic heterocycles. The molecule has 36 heavy (non-hydrogen) atoms. The number of carbonyl (C=O) groups is 1. The number of nitrogens with zero attached hydrogens (tertiary/aromatic N) is 4. The van der Waals surface area contributed by atoms with Crippen molar-refractivity contribution in [3.05, 3.63) is 60.5 Å². The number of hydrogen-bond acceptors (Lipinski definition) is 7. The summed E-state index contributed by atoms with van der Waals surface area (Å²) < 4.78 is 34.2. The Balaban J connectivity index is 1.40. The van der Waals surface area contributed by atoms with E-state index in [1.807, 2.05) is 39.1 Å². The van der Waals surface area contributed by atoms with Gasteiger partial charge in [0.15, 0.2) is 11.6 Å². The number of aromatic nitrogens is 4. The number of sulfonamides is 1. The van der Waals surface area contributed by atoms with Gasteiger partial charge in [0, 0.05) is 31.1 Å². The van der Waals surface area contributed by atoms with E-state index in [-0.39, 0.29) is 10.3 Å². The number of hydrogen-bond donors (Lipinski definition) is 3. The molecule has 2 amide bonds. The van der Waals surface area contributed by atoms with Crippen molar-refractivity contribution in [2.24, 2.45) is 0 Å². The van der Waals surface area contributed by atoms with E-state index in [1.54, 1.807) is 41.8 Å². The Hall–Kier alpha value is -3.77. The molecular weight excluding hydrogens is 482 g/mol. The quantitative estimate of drug-likeness (QED) is 0.329. The minimum Gasteiger partial charge on any atom is -0.339 e. The van der Waals surface area contributed by atoms with Crippen molar-refractivity contribution in [1.29, 1.82) is 0 Å². The largest absolute Gasteiger partial charge is 0.339 e. The van der Waals surface area contributed by atoms with Gasteiger partial charge < -0.3 is 14.2 Å². The number of amides is 2. The highest BCUT2D eigenvalue weighted by molar-refractivity contribution is 7.89. The van der Waals surface area contributed by atoms with Crippen molar-refractivity contribution in [1.82, 2.24) is 29.6 Å². The van der Waals surface area contributed by atoms with Gasteiger partial charge in [-0.05, 0) is 35.4 Å². The number of urea groups is 1. The fraction of sp³-hybridized carbons (Fsp3) is 0.333. The van der Waals surface area contributed by atoms with Crippen LogP contribution in [0.3, 0.4) is 0 Å². The minimum atomic E-state index is -3.56. The zero-order valence-electron chi connectivity index (χ0n) is 20.6. The third kappa shape index (κ3) is 5.89. The average molecular weight is 512 g/mol. The van der Waals surface area contributed by atoms with Crippen LogP contribution >= 0.6 is 0 Å². The molecule has 12 heteroatoms. The van der Waals surface area contributed by atoms with Gasteiger partial charge >= 0.3 is 6.03 Å². The molecule has 0 bridgehead atoms. The smallest absolute Gasteiger partial charge is 0.320 e. The number of fused-ring (bicyclic) bond motifs is 1. The zero-order valence-corrected chi connectivity index (χ0v) is 21.4. The molecular formula is C24H29N7O4S. The Bertz CT molecular complexity index is 1490. The Kier molecular flexibility index (Phi) is 7.09. The van der Waals surface area contributed by atoms with Gasteiger partial charge in [-0.1, -0.05) is 45.0 Å². The Labute approximate surface area is 209 Å². The van der Waals surface area contributed by atoms with Crippen LogP contribution in [-0.2, 0) is 21.9 Å². The predicted molar refractivity (Wildman–Crippen MR) is 135 cm³/mol. The van der Waals surface area contributed by atoms with Crippen LogP contribution in [-0.4, -0.2) is 47.1 Å². The number of imidazole rings is 1. The van der Waals surface area contributed by atoms with Gasteiger partial charge in [0.1, 0.15) is 5.65 Å². The summed E-state index contributed by atoms with van der Waals surface area (Å²) in [5, 5.41) is 9.43. The molecule has 0 fully saturated rings. The van der Waals surface area contributed by atoms with Crippen LogP contribution in [0, 0.1) is 0 Å². The van der Waals surface area contributed by atoms with Crippen molar-refractivity contribution >= 4 is 27.5 Å². The molecule has 0 unspecified atom stereocenters. The standard InChI is InChI=1S/C24H29N7O4S/c1-5-26-36(33,34)18-8-6-7-16(13-18)17-9-10-20-27-19(15-31(20)14-17)28-23(32)25-12-11-21-29-22(30-35-21)24(2,3)4/h6-10,13-15,26H,5,11-12H2,1-4H3,(H2,25,28,32). The molecule has 3 N–H and O–H groups in total. The van der Waals surface area contributed by atoms with Crippen LogP contribution in [0.2, 0.25) is 0 Å². The van der Waals surface area contributed by atoms with E-state index < -0.39 is 16.1 Å². The Morgan fingerprint density at radius 1 is 1.08 bits per heavy atom. The molecule has 0 atom stereocenters. The van der Waals surface area contributed by atoms with Gasteiger partial charge in [-0.15, -0.1) is 0 Å². The topological polar surface area (TPSA) is 144 Å². The number of nitrogens with one attached hydrogen (secondary N) is 3. The van der Waals surface area contributed by atoms with Crippen molar-refractivity contribution in [3.63, 3.8) is 0 Å². The predicted octanol–water partition coefficient (Wildman–Crippen LogP) is 3.34. The van der Waals surface area contributed by atoms with Crippen LogP contribution in [0.4, 0.5) is 10.6 Å². The highest BCUT2D eigenvalue weighted by Crippen LogP contribution is 2.24. The molecule has 0 aliphatic rings. The average Bonchev–Trinajstić information content (AvgIpc) is 3.45. The van der Waals surface area contributed by atoms with Crippen molar-refractivity contribution < 1.29 is 17.7 Å². The molecule has 190 valence electrons. The lowest BCUT2D eigenvalue weighted by Crippen LogP contribution is -2.30.